The van der Waals surface area contributed by atoms with Gasteiger partial charge in [0.15, 0.2) is 11.5 Å². The number of amides is 1. The van der Waals surface area contributed by atoms with Gasteiger partial charge in [-0.05, 0) is 55.3 Å². The van der Waals surface area contributed by atoms with Gasteiger partial charge >= 0.3 is 0 Å². The third-order valence-electron chi connectivity index (χ3n) is 5.32. The first-order valence-electron chi connectivity index (χ1n) is 10.3. The number of methoxy groups -OCH3 is 1. The van der Waals surface area contributed by atoms with Crippen molar-refractivity contribution < 1.29 is 14.3 Å². The number of rotatable bonds is 8. The van der Waals surface area contributed by atoms with Crippen LogP contribution in [-0.4, -0.2) is 31.2 Å². The first-order valence-corrected chi connectivity index (χ1v) is 11.1. The molecule has 1 amide bonds. The number of aromatic nitrogens is 1. The van der Waals surface area contributed by atoms with Gasteiger partial charge in [-0.2, -0.15) is 0 Å². The first-order chi connectivity index (χ1) is 15.1. The average Bonchev–Trinajstić information content (AvgIpc) is 3.41. The van der Waals surface area contributed by atoms with Crippen LogP contribution in [0.4, 0.5) is 0 Å². The van der Waals surface area contributed by atoms with Crippen LogP contribution in [0.5, 0.6) is 11.5 Å². The Morgan fingerprint density at radius 2 is 1.97 bits per heavy atom. The molecule has 0 aliphatic rings. The molecule has 0 saturated heterocycles. The van der Waals surface area contributed by atoms with Gasteiger partial charge in [0.05, 0.1) is 18.6 Å². The summed E-state index contributed by atoms with van der Waals surface area (Å²) >= 11 is 1.50. The van der Waals surface area contributed by atoms with Crippen LogP contribution in [0.2, 0.25) is 0 Å². The van der Waals surface area contributed by atoms with Gasteiger partial charge in [0.2, 0.25) is 0 Å². The fourth-order valence-corrected chi connectivity index (χ4v) is 4.59. The minimum absolute atomic E-state index is 0.0502. The van der Waals surface area contributed by atoms with Crippen molar-refractivity contribution in [2.24, 2.45) is 0 Å². The van der Waals surface area contributed by atoms with Gasteiger partial charge in [0.25, 0.3) is 5.91 Å². The number of nitrogens with one attached hydrogen (secondary N) is 2. The molecule has 0 aliphatic carbocycles. The van der Waals surface area contributed by atoms with Crippen molar-refractivity contribution in [1.29, 1.82) is 0 Å². The number of H-pyrrole nitrogens is 1. The summed E-state index contributed by atoms with van der Waals surface area (Å²) in [5.41, 5.74) is 3.25. The second-order valence-electron chi connectivity index (χ2n) is 7.31. The minimum atomic E-state index is -0.0548. The molecule has 0 radical (unpaired) electrons. The zero-order valence-corrected chi connectivity index (χ0v) is 18.7. The Bertz CT molecular complexity index is 1190. The Balaban J connectivity index is 1.70. The van der Waals surface area contributed by atoms with Gasteiger partial charge in [-0.1, -0.05) is 24.3 Å². The number of aromatic amines is 1. The van der Waals surface area contributed by atoms with Gasteiger partial charge in [-0.3, -0.25) is 4.79 Å². The molecular weight excluding hydrogens is 408 g/mol. The van der Waals surface area contributed by atoms with E-state index in [0.717, 1.165) is 31.8 Å². The van der Waals surface area contributed by atoms with E-state index in [2.05, 4.69) is 22.4 Å². The smallest absolute Gasteiger partial charge is 0.261 e. The number of carbonyl (C=O) groups is 1. The summed E-state index contributed by atoms with van der Waals surface area (Å²) in [6.45, 7) is 4.99. The summed E-state index contributed by atoms with van der Waals surface area (Å²) in [6, 6.07) is 18.0. The molecular formula is C25H26N2O3S. The monoisotopic (exact) mass is 434 g/mol. The number of ether oxygens (including phenoxy) is 2. The lowest BCUT2D eigenvalue weighted by Crippen LogP contribution is -2.28. The van der Waals surface area contributed by atoms with Gasteiger partial charge < -0.3 is 19.8 Å². The van der Waals surface area contributed by atoms with E-state index >= 15 is 0 Å². The van der Waals surface area contributed by atoms with E-state index in [-0.39, 0.29) is 11.8 Å². The van der Waals surface area contributed by atoms with E-state index < -0.39 is 0 Å². The van der Waals surface area contributed by atoms with Crippen molar-refractivity contribution in [1.82, 2.24) is 10.3 Å². The maximum atomic E-state index is 12.7. The van der Waals surface area contributed by atoms with E-state index in [9.17, 15) is 4.79 Å². The lowest BCUT2D eigenvalue weighted by molar-refractivity contribution is 0.0956. The average molecular weight is 435 g/mol. The second-order valence-corrected chi connectivity index (χ2v) is 8.59. The van der Waals surface area contributed by atoms with Crippen molar-refractivity contribution in [3.05, 3.63) is 81.7 Å². The highest BCUT2D eigenvalue weighted by atomic mass is 32.1. The number of carbonyl (C=O) groups excluding carboxylic acids is 1. The molecule has 4 aromatic rings. The van der Waals surface area contributed by atoms with Gasteiger partial charge in [-0.25, -0.2) is 0 Å². The standard InChI is InChI=1S/C25H26N2O3S/c1-4-30-22-11-10-17(13-23(22)29-3)19(14-27-25(28)24-12-9-16(2)31-24)20-15-26-21-8-6-5-7-18(20)21/h5-13,15,19,26H,4,14H2,1-3H3,(H,27,28). The Labute approximate surface area is 186 Å². The molecule has 0 bridgehead atoms. The highest BCUT2D eigenvalue weighted by Crippen LogP contribution is 2.36. The predicted octanol–water partition coefficient (Wildman–Crippen LogP) is 5.51. The number of benzene rings is 2. The summed E-state index contributed by atoms with van der Waals surface area (Å²) in [5, 5.41) is 4.27. The van der Waals surface area contributed by atoms with Gasteiger partial charge in [0.1, 0.15) is 0 Å². The molecule has 5 nitrogen and oxygen atoms in total. The minimum Gasteiger partial charge on any atom is -0.493 e. The normalized spacial score (nSPS) is 12.0. The maximum absolute atomic E-state index is 12.7. The van der Waals surface area contributed by atoms with Crippen LogP contribution in [0.15, 0.2) is 60.8 Å². The van der Waals surface area contributed by atoms with E-state index in [1.807, 2.05) is 62.5 Å². The molecule has 1 atom stereocenters. The van der Waals surface area contributed by atoms with Crippen LogP contribution in [0, 0.1) is 6.92 Å². The second kappa shape index (κ2) is 9.27. The maximum Gasteiger partial charge on any atom is 0.261 e. The van der Waals surface area contributed by atoms with Crippen molar-refractivity contribution in [2.75, 3.05) is 20.3 Å². The fraction of sp³-hybridized carbons (Fsp3) is 0.240. The number of para-hydroxylation sites is 1. The third-order valence-corrected chi connectivity index (χ3v) is 6.32. The largest absolute Gasteiger partial charge is 0.493 e. The van der Waals surface area contributed by atoms with Crippen molar-refractivity contribution in [3.63, 3.8) is 0 Å². The molecule has 0 spiro atoms. The number of aryl methyl sites for hydroxylation is 1. The number of hydrogen-bond donors (Lipinski definition) is 2. The molecule has 4 rings (SSSR count). The quantitative estimate of drug-likeness (QED) is 0.384. The molecule has 2 aromatic carbocycles. The molecule has 2 N–H and O–H groups in total. The highest BCUT2D eigenvalue weighted by Gasteiger charge is 2.21. The number of thiophene rings is 1. The van der Waals surface area contributed by atoms with Crippen molar-refractivity contribution in [2.45, 2.75) is 19.8 Å². The van der Waals surface area contributed by atoms with Crippen LogP contribution >= 0.6 is 11.3 Å². The van der Waals surface area contributed by atoms with Crippen LogP contribution in [-0.2, 0) is 0 Å². The lowest BCUT2D eigenvalue weighted by Gasteiger charge is -2.20. The van der Waals surface area contributed by atoms with Crippen LogP contribution in [0.3, 0.4) is 0 Å². The molecule has 6 heteroatoms. The zero-order chi connectivity index (χ0) is 21.8. The lowest BCUT2D eigenvalue weighted by atomic mass is 9.90. The van der Waals surface area contributed by atoms with E-state index in [1.54, 1.807) is 7.11 Å². The Morgan fingerprint density at radius 1 is 1.13 bits per heavy atom. The molecule has 0 aliphatic heterocycles. The molecule has 2 aromatic heterocycles. The summed E-state index contributed by atoms with van der Waals surface area (Å²) < 4.78 is 11.3. The van der Waals surface area contributed by atoms with Crippen LogP contribution in [0.1, 0.15) is 38.5 Å². The topological polar surface area (TPSA) is 63.3 Å². The first kappa shape index (κ1) is 21.0. The fourth-order valence-electron chi connectivity index (χ4n) is 3.80. The van der Waals surface area contributed by atoms with Crippen molar-refractivity contribution >= 4 is 28.1 Å². The molecule has 0 saturated carbocycles. The molecule has 0 fully saturated rings. The third kappa shape index (κ3) is 4.44. The van der Waals surface area contributed by atoms with Crippen molar-refractivity contribution in [3.8, 4) is 11.5 Å². The highest BCUT2D eigenvalue weighted by molar-refractivity contribution is 7.13. The van der Waals surface area contributed by atoms with Crippen LogP contribution < -0.4 is 14.8 Å². The van der Waals surface area contributed by atoms with Gasteiger partial charge in [-0.15, -0.1) is 11.3 Å². The Morgan fingerprint density at radius 3 is 2.71 bits per heavy atom. The molecule has 160 valence electrons. The van der Waals surface area contributed by atoms with Gasteiger partial charge in [0, 0.05) is 34.4 Å². The number of hydrogen-bond acceptors (Lipinski definition) is 4. The summed E-state index contributed by atoms with van der Waals surface area (Å²) in [4.78, 5) is 17.9. The van der Waals surface area contributed by atoms with E-state index in [4.69, 9.17) is 9.47 Å². The summed E-state index contributed by atoms with van der Waals surface area (Å²) in [5.74, 6) is 1.29. The molecule has 2 heterocycles. The van der Waals surface area contributed by atoms with E-state index in [0.29, 0.717) is 24.7 Å². The Kier molecular flexibility index (Phi) is 6.28. The zero-order valence-electron chi connectivity index (χ0n) is 17.9. The predicted molar refractivity (Wildman–Crippen MR) is 126 cm³/mol. The van der Waals surface area contributed by atoms with Crippen LogP contribution in [0.25, 0.3) is 10.9 Å². The summed E-state index contributed by atoms with van der Waals surface area (Å²) in [6.07, 6.45) is 2.03. The molecule has 1 unspecified atom stereocenters. The Hall–Kier alpha value is -3.25. The number of fused-ring (bicyclic) bond motifs is 1. The van der Waals surface area contributed by atoms with E-state index in [1.165, 1.54) is 11.3 Å². The SMILES string of the molecule is CCOc1ccc(C(CNC(=O)c2ccc(C)s2)c2c[nH]c3ccccc23)cc1OC. The molecule has 31 heavy (non-hydrogen) atoms. The summed E-state index contributed by atoms with van der Waals surface area (Å²) in [7, 11) is 1.64.